The van der Waals surface area contributed by atoms with Gasteiger partial charge in [0, 0.05) is 18.3 Å². The second kappa shape index (κ2) is 5.03. The van der Waals surface area contributed by atoms with Gasteiger partial charge < -0.3 is 9.32 Å². The third-order valence-electron chi connectivity index (χ3n) is 3.66. The SMILES string of the molecule is CCc1cc(N2CCCC2c2ccco2)nc(C)n1. The van der Waals surface area contributed by atoms with Crippen molar-refractivity contribution < 1.29 is 4.42 Å². The number of nitrogens with zero attached hydrogens (tertiary/aromatic N) is 3. The third kappa shape index (κ3) is 2.35. The summed E-state index contributed by atoms with van der Waals surface area (Å²) in [6.45, 7) is 5.12. The van der Waals surface area contributed by atoms with Crippen LogP contribution in [0.3, 0.4) is 0 Å². The molecule has 1 aliphatic rings. The maximum absolute atomic E-state index is 5.57. The van der Waals surface area contributed by atoms with Gasteiger partial charge in [0.15, 0.2) is 0 Å². The van der Waals surface area contributed by atoms with Crippen LogP contribution in [-0.4, -0.2) is 16.5 Å². The topological polar surface area (TPSA) is 42.2 Å². The molecule has 0 spiro atoms. The lowest BCUT2D eigenvalue weighted by Crippen LogP contribution is -2.24. The van der Waals surface area contributed by atoms with Crippen LogP contribution in [0.25, 0.3) is 0 Å². The number of furan rings is 1. The summed E-state index contributed by atoms with van der Waals surface area (Å²) in [5, 5.41) is 0. The molecule has 1 aliphatic heterocycles. The van der Waals surface area contributed by atoms with Crippen LogP contribution in [0, 0.1) is 6.92 Å². The normalized spacial score (nSPS) is 19.1. The van der Waals surface area contributed by atoms with Crippen LogP contribution in [-0.2, 0) is 6.42 Å². The molecule has 1 saturated heterocycles. The maximum Gasteiger partial charge on any atom is 0.133 e. The van der Waals surface area contributed by atoms with Crippen molar-refractivity contribution in [2.24, 2.45) is 0 Å². The first-order valence-electron chi connectivity index (χ1n) is 6.92. The van der Waals surface area contributed by atoms with E-state index in [1.165, 1.54) is 6.42 Å². The molecule has 2 aromatic heterocycles. The van der Waals surface area contributed by atoms with Crippen molar-refractivity contribution in [1.29, 1.82) is 0 Å². The summed E-state index contributed by atoms with van der Waals surface area (Å²) in [5.41, 5.74) is 1.10. The van der Waals surface area contributed by atoms with E-state index in [1.807, 2.05) is 13.0 Å². The Labute approximate surface area is 113 Å². The van der Waals surface area contributed by atoms with Crippen LogP contribution in [0.15, 0.2) is 28.9 Å². The molecule has 100 valence electrons. The van der Waals surface area contributed by atoms with Crippen molar-refractivity contribution in [3.05, 3.63) is 41.7 Å². The van der Waals surface area contributed by atoms with E-state index in [0.717, 1.165) is 42.5 Å². The quantitative estimate of drug-likeness (QED) is 0.846. The smallest absolute Gasteiger partial charge is 0.133 e. The van der Waals surface area contributed by atoms with Gasteiger partial charge in [0.25, 0.3) is 0 Å². The standard InChI is InChI=1S/C15H19N3O/c1-3-12-10-15(17-11(2)16-12)18-8-4-6-13(18)14-7-5-9-19-14/h5,7,9-10,13H,3-4,6,8H2,1-2H3. The summed E-state index contributed by atoms with van der Waals surface area (Å²) < 4.78 is 5.57. The van der Waals surface area contributed by atoms with Crippen molar-refractivity contribution in [3.63, 3.8) is 0 Å². The number of hydrogen-bond donors (Lipinski definition) is 0. The highest BCUT2D eigenvalue weighted by atomic mass is 16.3. The van der Waals surface area contributed by atoms with E-state index in [9.17, 15) is 0 Å². The second-order valence-electron chi connectivity index (χ2n) is 4.99. The van der Waals surface area contributed by atoms with E-state index >= 15 is 0 Å². The molecule has 3 heterocycles. The lowest BCUT2D eigenvalue weighted by atomic mass is 10.1. The lowest BCUT2D eigenvalue weighted by molar-refractivity contribution is 0.464. The largest absolute Gasteiger partial charge is 0.467 e. The van der Waals surface area contributed by atoms with Crippen LogP contribution < -0.4 is 4.90 Å². The minimum absolute atomic E-state index is 0.314. The highest BCUT2D eigenvalue weighted by molar-refractivity contribution is 5.43. The van der Waals surface area contributed by atoms with Crippen molar-refractivity contribution in [3.8, 4) is 0 Å². The molecule has 0 N–H and O–H groups in total. The predicted molar refractivity (Wildman–Crippen MR) is 74.2 cm³/mol. The number of aryl methyl sites for hydroxylation is 2. The van der Waals surface area contributed by atoms with Gasteiger partial charge in [-0.05, 0) is 38.3 Å². The molecule has 0 aliphatic carbocycles. The van der Waals surface area contributed by atoms with Gasteiger partial charge in [0.05, 0.1) is 12.3 Å². The van der Waals surface area contributed by atoms with Crippen LogP contribution >= 0.6 is 0 Å². The zero-order chi connectivity index (χ0) is 13.2. The van der Waals surface area contributed by atoms with Gasteiger partial charge in [-0.1, -0.05) is 6.92 Å². The molecule has 0 saturated carbocycles. The highest BCUT2D eigenvalue weighted by Gasteiger charge is 2.29. The van der Waals surface area contributed by atoms with Crippen LogP contribution in [0.1, 0.15) is 43.1 Å². The fourth-order valence-corrected chi connectivity index (χ4v) is 2.76. The Morgan fingerprint density at radius 1 is 1.42 bits per heavy atom. The maximum atomic E-state index is 5.57. The molecule has 1 unspecified atom stereocenters. The molecular formula is C15H19N3O. The number of anilines is 1. The summed E-state index contributed by atoms with van der Waals surface area (Å²) in [5.74, 6) is 2.91. The summed E-state index contributed by atoms with van der Waals surface area (Å²) in [7, 11) is 0. The van der Waals surface area contributed by atoms with E-state index in [0.29, 0.717) is 6.04 Å². The van der Waals surface area contributed by atoms with Crippen molar-refractivity contribution >= 4 is 5.82 Å². The fourth-order valence-electron chi connectivity index (χ4n) is 2.76. The molecule has 2 aromatic rings. The van der Waals surface area contributed by atoms with E-state index in [1.54, 1.807) is 6.26 Å². The molecule has 1 atom stereocenters. The Morgan fingerprint density at radius 3 is 3.05 bits per heavy atom. The van der Waals surface area contributed by atoms with Crippen LogP contribution in [0.2, 0.25) is 0 Å². The first kappa shape index (κ1) is 12.2. The summed E-state index contributed by atoms with van der Waals surface area (Å²) in [4.78, 5) is 11.4. The monoisotopic (exact) mass is 257 g/mol. The molecule has 4 heteroatoms. The average Bonchev–Trinajstić information content (AvgIpc) is 3.08. The van der Waals surface area contributed by atoms with Crippen LogP contribution in [0.5, 0.6) is 0 Å². The van der Waals surface area contributed by atoms with Gasteiger partial charge in [0.1, 0.15) is 17.4 Å². The van der Waals surface area contributed by atoms with E-state index in [-0.39, 0.29) is 0 Å². The molecule has 4 nitrogen and oxygen atoms in total. The van der Waals surface area contributed by atoms with Gasteiger partial charge in [-0.2, -0.15) is 0 Å². The Bertz CT molecular complexity index is 551. The Morgan fingerprint density at radius 2 is 2.32 bits per heavy atom. The number of hydrogen-bond acceptors (Lipinski definition) is 4. The fraction of sp³-hybridized carbons (Fsp3) is 0.467. The van der Waals surface area contributed by atoms with Crippen molar-refractivity contribution in [2.75, 3.05) is 11.4 Å². The summed E-state index contributed by atoms with van der Waals surface area (Å²) >= 11 is 0. The Balaban J connectivity index is 1.94. The third-order valence-corrected chi connectivity index (χ3v) is 3.66. The lowest BCUT2D eigenvalue weighted by Gasteiger charge is -2.24. The second-order valence-corrected chi connectivity index (χ2v) is 4.99. The molecule has 3 rings (SSSR count). The van der Waals surface area contributed by atoms with Crippen LogP contribution in [0.4, 0.5) is 5.82 Å². The zero-order valence-electron chi connectivity index (χ0n) is 11.5. The average molecular weight is 257 g/mol. The van der Waals surface area contributed by atoms with Crippen molar-refractivity contribution in [2.45, 2.75) is 39.2 Å². The van der Waals surface area contributed by atoms with E-state index < -0.39 is 0 Å². The Hall–Kier alpha value is -1.84. The first-order chi connectivity index (χ1) is 9.28. The molecule has 0 radical (unpaired) electrons. The van der Waals surface area contributed by atoms with E-state index in [2.05, 4.69) is 33.9 Å². The summed E-state index contributed by atoms with van der Waals surface area (Å²) in [6, 6.07) is 6.43. The minimum atomic E-state index is 0.314. The van der Waals surface area contributed by atoms with Gasteiger partial charge in [-0.3, -0.25) is 0 Å². The van der Waals surface area contributed by atoms with Crippen molar-refractivity contribution in [1.82, 2.24) is 9.97 Å². The number of aromatic nitrogens is 2. The van der Waals surface area contributed by atoms with E-state index in [4.69, 9.17) is 4.42 Å². The van der Waals surface area contributed by atoms with Gasteiger partial charge in [-0.15, -0.1) is 0 Å². The molecule has 0 amide bonds. The number of rotatable bonds is 3. The molecule has 1 fully saturated rings. The molecular weight excluding hydrogens is 238 g/mol. The molecule has 0 bridgehead atoms. The molecule has 0 aromatic carbocycles. The molecule has 19 heavy (non-hydrogen) atoms. The van der Waals surface area contributed by atoms with Gasteiger partial charge in [0.2, 0.25) is 0 Å². The first-order valence-corrected chi connectivity index (χ1v) is 6.92. The van der Waals surface area contributed by atoms with Gasteiger partial charge >= 0.3 is 0 Å². The summed E-state index contributed by atoms with van der Waals surface area (Å²) in [6.07, 6.45) is 4.98. The Kier molecular flexibility index (Phi) is 3.23. The minimum Gasteiger partial charge on any atom is -0.467 e. The highest BCUT2D eigenvalue weighted by Crippen LogP contribution is 2.35. The predicted octanol–water partition coefficient (Wildman–Crippen LogP) is 3.28. The zero-order valence-corrected chi connectivity index (χ0v) is 11.5. The van der Waals surface area contributed by atoms with Gasteiger partial charge in [-0.25, -0.2) is 9.97 Å².